The maximum Gasteiger partial charge on any atom is 0.238 e. The van der Waals surface area contributed by atoms with Crippen molar-refractivity contribution in [2.24, 2.45) is 5.92 Å². The van der Waals surface area contributed by atoms with Gasteiger partial charge in [-0.2, -0.15) is 0 Å². The minimum Gasteiger partial charge on any atom is -0.397 e. The fraction of sp³-hybridized carbons (Fsp3) is 0.500. The van der Waals surface area contributed by atoms with Crippen molar-refractivity contribution in [2.75, 3.05) is 30.7 Å². The molecule has 2 atom stereocenters. The number of carbonyl (C=O) groups is 1. The monoisotopic (exact) mass is 297 g/mol. The van der Waals surface area contributed by atoms with Crippen molar-refractivity contribution in [1.82, 2.24) is 4.90 Å². The van der Waals surface area contributed by atoms with E-state index >= 15 is 0 Å². The highest BCUT2D eigenvalue weighted by Crippen LogP contribution is 2.22. The number of β-amino-alcohol motifs (C(OH)–C–C–N with tert-alkyl or cyclic N) is 1. The second-order valence-corrected chi connectivity index (χ2v) is 5.76. The normalized spacial score (nSPS) is 23.6. The Bertz CT molecular complexity index is 495. The second-order valence-electron chi connectivity index (χ2n) is 5.35. The number of anilines is 2. The van der Waals surface area contributed by atoms with E-state index in [9.17, 15) is 9.90 Å². The third kappa shape index (κ3) is 3.85. The number of nitrogens with zero attached hydrogens (tertiary/aromatic N) is 1. The molecule has 0 radical (unpaired) electrons. The molecule has 1 aliphatic rings. The van der Waals surface area contributed by atoms with Crippen LogP contribution in [-0.4, -0.2) is 41.7 Å². The smallest absolute Gasteiger partial charge is 0.238 e. The molecule has 1 amide bonds. The van der Waals surface area contributed by atoms with Crippen molar-refractivity contribution >= 4 is 28.9 Å². The van der Waals surface area contributed by atoms with Crippen LogP contribution in [0.5, 0.6) is 0 Å². The molecule has 4 N–H and O–H groups in total. The van der Waals surface area contributed by atoms with Gasteiger partial charge in [0.15, 0.2) is 0 Å². The van der Waals surface area contributed by atoms with Crippen LogP contribution in [0, 0.1) is 5.92 Å². The molecule has 1 saturated heterocycles. The molecule has 1 aliphatic heterocycles. The molecule has 2 rings (SSSR count). The zero-order valence-corrected chi connectivity index (χ0v) is 12.2. The first-order valence-corrected chi connectivity index (χ1v) is 7.09. The summed E-state index contributed by atoms with van der Waals surface area (Å²) in [5.74, 6) is 0.179. The highest BCUT2D eigenvalue weighted by molar-refractivity contribution is 6.33. The summed E-state index contributed by atoms with van der Waals surface area (Å²) in [5, 5.41) is 13.1. The van der Waals surface area contributed by atoms with Gasteiger partial charge >= 0.3 is 0 Å². The summed E-state index contributed by atoms with van der Waals surface area (Å²) >= 11 is 5.83. The first-order valence-electron chi connectivity index (χ1n) is 6.71. The Morgan fingerprint density at radius 3 is 3.00 bits per heavy atom. The first-order chi connectivity index (χ1) is 9.45. The summed E-state index contributed by atoms with van der Waals surface area (Å²) in [5.41, 5.74) is 6.75. The average molecular weight is 298 g/mol. The van der Waals surface area contributed by atoms with Gasteiger partial charge in [-0.05, 0) is 37.1 Å². The number of benzene rings is 1. The number of hydrogen-bond donors (Lipinski definition) is 3. The molecule has 6 heteroatoms. The number of nitrogens with two attached hydrogens (primary N) is 1. The van der Waals surface area contributed by atoms with Crippen LogP contribution in [0.15, 0.2) is 18.2 Å². The van der Waals surface area contributed by atoms with Crippen molar-refractivity contribution < 1.29 is 9.90 Å². The van der Waals surface area contributed by atoms with Gasteiger partial charge in [-0.1, -0.05) is 18.5 Å². The molecular weight excluding hydrogens is 278 g/mol. The van der Waals surface area contributed by atoms with Gasteiger partial charge in [0.1, 0.15) is 0 Å². The molecule has 5 nitrogen and oxygen atoms in total. The summed E-state index contributed by atoms with van der Waals surface area (Å²) < 4.78 is 0. The number of nitrogen functional groups attached to an aromatic ring is 1. The molecule has 20 heavy (non-hydrogen) atoms. The number of likely N-dealkylation sites (tertiary alicyclic amines) is 1. The minimum atomic E-state index is -0.359. The minimum absolute atomic E-state index is 0.117. The molecular formula is C14H20ClN3O2. The Morgan fingerprint density at radius 1 is 1.60 bits per heavy atom. The van der Waals surface area contributed by atoms with Crippen LogP contribution in [0.25, 0.3) is 0 Å². The lowest BCUT2D eigenvalue weighted by molar-refractivity contribution is -0.118. The van der Waals surface area contributed by atoms with E-state index in [4.69, 9.17) is 17.3 Å². The van der Waals surface area contributed by atoms with Crippen LogP contribution >= 0.6 is 11.6 Å². The Balaban J connectivity index is 1.87. The Morgan fingerprint density at radius 2 is 2.35 bits per heavy atom. The van der Waals surface area contributed by atoms with E-state index in [0.717, 1.165) is 13.0 Å². The van der Waals surface area contributed by atoms with E-state index < -0.39 is 0 Å². The van der Waals surface area contributed by atoms with Crippen LogP contribution in [0.1, 0.15) is 13.3 Å². The van der Waals surface area contributed by atoms with Gasteiger partial charge in [0.05, 0.1) is 23.4 Å². The van der Waals surface area contributed by atoms with E-state index in [0.29, 0.717) is 28.9 Å². The Hall–Kier alpha value is -1.30. The Labute approximate surface area is 123 Å². The number of amides is 1. The van der Waals surface area contributed by atoms with Crippen LogP contribution in [0.4, 0.5) is 11.4 Å². The predicted octanol–water partition coefficient (Wildman–Crippen LogP) is 1.56. The van der Waals surface area contributed by atoms with Gasteiger partial charge in [-0.25, -0.2) is 0 Å². The third-order valence-electron chi connectivity index (χ3n) is 3.65. The van der Waals surface area contributed by atoms with Gasteiger partial charge in [-0.3, -0.25) is 9.69 Å². The molecule has 0 bridgehead atoms. The highest BCUT2D eigenvalue weighted by Gasteiger charge is 2.25. The summed E-state index contributed by atoms with van der Waals surface area (Å²) in [7, 11) is 0. The summed E-state index contributed by atoms with van der Waals surface area (Å²) in [6.07, 6.45) is 0.547. The van der Waals surface area contributed by atoms with Crippen LogP contribution in [0.2, 0.25) is 5.02 Å². The maximum absolute atomic E-state index is 12.0. The van der Waals surface area contributed by atoms with Gasteiger partial charge in [-0.15, -0.1) is 0 Å². The summed E-state index contributed by atoms with van der Waals surface area (Å²) in [4.78, 5) is 13.9. The topological polar surface area (TPSA) is 78.6 Å². The molecule has 1 heterocycles. The number of piperidine rings is 1. The molecule has 0 aromatic heterocycles. The molecule has 0 saturated carbocycles. The molecule has 110 valence electrons. The van der Waals surface area contributed by atoms with E-state index in [2.05, 4.69) is 5.32 Å². The number of aliphatic hydroxyl groups is 1. The quantitative estimate of drug-likeness (QED) is 0.740. The average Bonchev–Trinajstić information content (AvgIpc) is 2.38. The SMILES string of the molecule is CC1CCN(CC(=O)Nc2ccc(Cl)c(N)c2)CC1O. The van der Waals surface area contributed by atoms with Crippen LogP contribution in [0.3, 0.4) is 0 Å². The van der Waals surface area contributed by atoms with Gasteiger partial charge < -0.3 is 16.2 Å². The molecule has 1 fully saturated rings. The highest BCUT2D eigenvalue weighted by atomic mass is 35.5. The van der Waals surface area contributed by atoms with Crippen molar-refractivity contribution in [2.45, 2.75) is 19.4 Å². The molecule has 0 spiro atoms. The number of nitrogens with one attached hydrogen (secondary N) is 1. The van der Waals surface area contributed by atoms with E-state index in [1.54, 1.807) is 18.2 Å². The number of aliphatic hydroxyl groups excluding tert-OH is 1. The molecule has 1 aromatic rings. The van der Waals surface area contributed by atoms with E-state index in [1.165, 1.54) is 0 Å². The number of rotatable bonds is 3. The lowest BCUT2D eigenvalue weighted by atomic mass is 9.96. The van der Waals surface area contributed by atoms with Crippen molar-refractivity contribution in [1.29, 1.82) is 0 Å². The largest absolute Gasteiger partial charge is 0.397 e. The van der Waals surface area contributed by atoms with Crippen LogP contribution in [-0.2, 0) is 4.79 Å². The standard InChI is InChI=1S/C14H20ClN3O2/c1-9-4-5-18(7-13(9)19)8-14(20)17-10-2-3-11(15)12(16)6-10/h2-3,6,9,13,19H,4-5,7-8,16H2,1H3,(H,17,20). The number of hydrogen-bond acceptors (Lipinski definition) is 4. The molecule has 2 unspecified atom stereocenters. The lowest BCUT2D eigenvalue weighted by Crippen LogP contribution is -2.45. The Kier molecular flexibility index (Phi) is 4.86. The third-order valence-corrected chi connectivity index (χ3v) is 3.99. The summed E-state index contributed by atoms with van der Waals surface area (Å²) in [6, 6.07) is 5.00. The van der Waals surface area contributed by atoms with Gasteiger partial charge in [0.25, 0.3) is 0 Å². The zero-order valence-electron chi connectivity index (χ0n) is 11.5. The lowest BCUT2D eigenvalue weighted by Gasteiger charge is -2.33. The van der Waals surface area contributed by atoms with Gasteiger partial charge in [0, 0.05) is 12.2 Å². The van der Waals surface area contributed by atoms with Gasteiger partial charge in [0.2, 0.25) is 5.91 Å². The fourth-order valence-corrected chi connectivity index (χ4v) is 2.40. The number of halogens is 1. The fourth-order valence-electron chi connectivity index (χ4n) is 2.28. The molecule has 1 aromatic carbocycles. The summed E-state index contributed by atoms with van der Waals surface area (Å²) in [6.45, 7) is 3.66. The first kappa shape index (κ1) is 15.1. The maximum atomic E-state index is 12.0. The van der Waals surface area contributed by atoms with Crippen molar-refractivity contribution in [3.05, 3.63) is 23.2 Å². The molecule has 0 aliphatic carbocycles. The number of carbonyl (C=O) groups excluding carboxylic acids is 1. The van der Waals surface area contributed by atoms with Crippen molar-refractivity contribution in [3.63, 3.8) is 0 Å². The second kappa shape index (κ2) is 6.43. The van der Waals surface area contributed by atoms with E-state index in [-0.39, 0.29) is 18.6 Å². The zero-order chi connectivity index (χ0) is 14.7. The predicted molar refractivity (Wildman–Crippen MR) is 80.7 cm³/mol. The van der Waals surface area contributed by atoms with Crippen molar-refractivity contribution in [3.8, 4) is 0 Å². The van der Waals surface area contributed by atoms with E-state index in [1.807, 2.05) is 11.8 Å². The van der Waals surface area contributed by atoms with Crippen LogP contribution < -0.4 is 11.1 Å².